The fourth-order valence-electron chi connectivity index (χ4n) is 5.20. The molecule has 0 fully saturated rings. The van der Waals surface area contributed by atoms with E-state index in [4.69, 9.17) is 23.2 Å². The van der Waals surface area contributed by atoms with E-state index >= 15 is 0 Å². The maximum atomic E-state index is 11.0. The molecule has 0 aliphatic heterocycles. The van der Waals surface area contributed by atoms with Crippen LogP contribution in [0.25, 0.3) is 11.0 Å². The lowest BCUT2D eigenvalue weighted by molar-refractivity contribution is -0.782. The van der Waals surface area contributed by atoms with Gasteiger partial charge in [-0.15, -0.1) is 0 Å². The van der Waals surface area contributed by atoms with Crippen LogP contribution < -0.4 is 17.3 Å². The number of nitrogens with zero attached hydrogens (tertiary/aromatic N) is 3. The van der Waals surface area contributed by atoms with Crippen molar-refractivity contribution in [2.45, 2.75) is 130 Å². The zero-order valence-electron chi connectivity index (χ0n) is 25.8. The molecule has 11 heteroatoms. The molecule has 0 saturated heterocycles. The van der Waals surface area contributed by atoms with Crippen LogP contribution in [0.5, 0.6) is 0 Å². The van der Waals surface area contributed by atoms with Crippen LogP contribution in [-0.2, 0) is 0 Å². The van der Waals surface area contributed by atoms with Crippen molar-refractivity contribution < 1.29 is 26.9 Å². The van der Waals surface area contributed by atoms with Crippen molar-refractivity contribution in [3.05, 3.63) is 31.4 Å². The number of hydrogen-bond donors (Lipinski definition) is 0. The first kappa shape index (κ1) is 40.1. The molecule has 2 rings (SSSR count). The summed E-state index contributed by atoms with van der Waals surface area (Å²) in [6.07, 6.45) is 30.0. The van der Waals surface area contributed by atoms with Crippen molar-refractivity contribution in [2.75, 3.05) is 24.6 Å². The van der Waals surface area contributed by atoms with Crippen LogP contribution in [0.1, 0.15) is 130 Å². The van der Waals surface area contributed by atoms with E-state index in [9.17, 15) is 15.3 Å². The lowest BCUT2D eigenvalue weighted by atomic mass is 10.1. The van der Waals surface area contributed by atoms with Crippen molar-refractivity contribution in [3.8, 4) is 0 Å². The number of nitro groups is 1. The van der Waals surface area contributed by atoms with E-state index in [2.05, 4.69) is 37.5 Å². The van der Waals surface area contributed by atoms with Crippen molar-refractivity contribution in [2.24, 2.45) is 0 Å². The van der Waals surface area contributed by atoms with E-state index in [1.165, 1.54) is 96.3 Å². The third-order valence-corrected chi connectivity index (χ3v) is 13.4. The van der Waals surface area contributed by atoms with Gasteiger partial charge < -0.3 is 17.6 Å². The smallest absolute Gasteiger partial charge is 0.311 e. The highest BCUT2D eigenvalue weighted by molar-refractivity contribution is 7.75. The predicted octanol–water partition coefficient (Wildman–Crippen LogP) is 8.01. The van der Waals surface area contributed by atoms with Gasteiger partial charge in [-0.3, -0.25) is 14.7 Å². The van der Waals surface area contributed by atoms with Crippen LogP contribution in [-0.4, -0.2) is 34.7 Å². The molecule has 238 valence electrons. The summed E-state index contributed by atoms with van der Waals surface area (Å²) in [5.41, 5.74) is -0.697. The average molecular weight is 657 g/mol. The van der Waals surface area contributed by atoms with E-state index < -0.39 is 22.9 Å². The van der Waals surface area contributed by atoms with E-state index in [0.29, 0.717) is 0 Å². The zero-order chi connectivity index (χ0) is 29.8. The molecule has 1 heterocycles. The summed E-state index contributed by atoms with van der Waals surface area (Å²) in [6, 6.07) is 1.14. The SMILES string of the molecule is CCCCCCCCCCCC[P+](CCCC)(CCCC)CCCC.O=[N+]([O-])c1c(Cl)cc2no[n+]([O-])c2c1Cl.[Cl-]. The van der Waals surface area contributed by atoms with Crippen molar-refractivity contribution >= 4 is 47.2 Å². The molecule has 0 bridgehead atoms. The molecule has 1 aromatic heterocycles. The Morgan fingerprint density at radius 1 is 0.780 bits per heavy atom. The fourth-order valence-corrected chi connectivity index (χ4v) is 11.1. The summed E-state index contributed by atoms with van der Waals surface area (Å²) < 4.78 is 4.23. The lowest BCUT2D eigenvalue weighted by Gasteiger charge is -2.28. The lowest BCUT2D eigenvalue weighted by Crippen LogP contribution is -3.00. The number of benzene rings is 1. The van der Waals surface area contributed by atoms with Gasteiger partial charge in [-0.25, -0.2) is 0 Å². The fraction of sp³-hybridized carbons (Fsp3) is 0.800. The quantitative estimate of drug-likeness (QED) is 0.0446. The van der Waals surface area contributed by atoms with Gasteiger partial charge in [0.2, 0.25) is 0 Å². The average Bonchev–Trinajstić information content (AvgIpc) is 3.30. The number of halogens is 3. The van der Waals surface area contributed by atoms with Crippen molar-refractivity contribution in [1.29, 1.82) is 0 Å². The van der Waals surface area contributed by atoms with Gasteiger partial charge in [0.15, 0.2) is 5.02 Å². The van der Waals surface area contributed by atoms with Crippen molar-refractivity contribution in [1.82, 2.24) is 5.16 Å². The molecular formula is C30H53Cl3N3O4P. The van der Waals surface area contributed by atoms with E-state index in [1.807, 2.05) is 0 Å². The highest BCUT2D eigenvalue weighted by Crippen LogP contribution is 2.61. The molecule has 2 aromatic rings. The molecule has 0 radical (unpaired) electrons. The molecule has 0 amide bonds. The van der Waals surface area contributed by atoms with Gasteiger partial charge in [-0.05, 0) is 37.0 Å². The molecule has 0 aliphatic rings. The van der Waals surface area contributed by atoms with Gasteiger partial charge >= 0.3 is 5.69 Å². The Bertz CT molecular complexity index is 956. The van der Waals surface area contributed by atoms with E-state index in [0.717, 1.165) is 6.07 Å². The van der Waals surface area contributed by atoms with Gasteiger partial charge in [0, 0.05) is 18.5 Å². The van der Waals surface area contributed by atoms with E-state index in [1.54, 1.807) is 31.1 Å². The van der Waals surface area contributed by atoms with Crippen LogP contribution in [0.3, 0.4) is 0 Å². The molecule has 7 nitrogen and oxygen atoms in total. The Hall–Kier alpha value is -0.880. The summed E-state index contributed by atoms with van der Waals surface area (Å²) >= 11 is 11.2. The van der Waals surface area contributed by atoms with Gasteiger partial charge in [0.1, 0.15) is 5.02 Å². The highest BCUT2D eigenvalue weighted by Gasteiger charge is 2.34. The minimum atomic E-state index is -0.781. The second-order valence-electron chi connectivity index (χ2n) is 11.1. The van der Waals surface area contributed by atoms with Gasteiger partial charge in [0.25, 0.3) is 11.0 Å². The summed E-state index contributed by atoms with van der Waals surface area (Å²) in [7, 11) is -0.620. The standard InChI is InChI=1S/C24H52P.C6HCl2N3O4.ClH/c1-5-9-13-14-15-16-17-18-19-20-24-25(21-10-6-2,22-11-7-3)23-12-8-4;7-2-1-3-6(11(14)15-9-3)4(8)5(2)10(12)13;/h5-24H2,1-4H3;1H;1H/q+1;;/p-1. The Morgan fingerprint density at radius 3 is 1.63 bits per heavy atom. The Morgan fingerprint density at radius 2 is 1.20 bits per heavy atom. The molecule has 0 unspecified atom stereocenters. The number of unbranched alkanes of at least 4 members (excludes halogenated alkanes) is 12. The molecule has 0 aliphatic carbocycles. The first-order valence-electron chi connectivity index (χ1n) is 15.6. The third kappa shape index (κ3) is 14.9. The number of aromatic nitrogens is 2. The van der Waals surface area contributed by atoms with Gasteiger partial charge in [0.05, 0.1) is 29.6 Å². The maximum Gasteiger partial charge on any atom is 0.311 e. The minimum absolute atomic E-state index is 0. The van der Waals surface area contributed by atoms with Crippen molar-refractivity contribution in [3.63, 3.8) is 0 Å². The normalized spacial score (nSPS) is 11.3. The summed E-state index contributed by atoms with van der Waals surface area (Å²) in [4.78, 5) is 9.80. The third-order valence-electron chi connectivity index (χ3n) is 7.67. The molecule has 0 saturated carbocycles. The van der Waals surface area contributed by atoms with Crippen LogP contribution in [0, 0.1) is 15.3 Å². The second kappa shape index (κ2) is 23.6. The van der Waals surface area contributed by atoms with Crippen LogP contribution in [0.15, 0.2) is 10.7 Å². The monoisotopic (exact) mass is 655 g/mol. The van der Waals surface area contributed by atoms with Crippen LogP contribution in [0.2, 0.25) is 10.0 Å². The second-order valence-corrected chi connectivity index (χ2v) is 16.3. The number of rotatable bonds is 21. The minimum Gasteiger partial charge on any atom is -1.00 e. The number of fused-ring (bicyclic) bond motifs is 1. The molecule has 0 N–H and O–H groups in total. The van der Waals surface area contributed by atoms with E-state index in [-0.39, 0.29) is 33.4 Å². The summed E-state index contributed by atoms with van der Waals surface area (Å²) in [5, 5.41) is 24.3. The maximum absolute atomic E-state index is 11.0. The zero-order valence-corrected chi connectivity index (χ0v) is 28.9. The van der Waals surface area contributed by atoms with Crippen LogP contribution in [0.4, 0.5) is 5.69 Å². The Kier molecular flexibility index (Phi) is 23.1. The molecule has 0 spiro atoms. The number of hydrogen-bond acceptors (Lipinski definition) is 5. The van der Waals surface area contributed by atoms with Crippen LogP contribution >= 0.6 is 30.5 Å². The number of nitro benzene ring substituents is 1. The first-order chi connectivity index (χ1) is 19.3. The largest absolute Gasteiger partial charge is 1.00 e. The highest BCUT2D eigenvalue weighted by atomic mass is 35.5. The van der Waals surface area contributed by atoms with Gasteiger partial charge in [-0.2, -0.15) is 0 Å². The Balaban J connectivity index is 0.000000846. The Labute approximate surface area is 264 Å². The molecule has 1 aromatic carbocycles. The molecular weight excluding hydrogens is 604 g/mol. The summed E-state index contributed by atoms with van der Waals surface area (Å²) in [5.74, 6) is 0. The van der Waals surface area contributed by atoms with Gasteiger partial charge in [-0.1, -0.05) is 122 Å². The topological polar surface area (TPSA) is 96.1 Å². The summed E-state index contributed by atoms with van der Waals surface area (Å²) in [6.45, 7) is 9.46. The molecule has 0 atom stereocenters. The first-order valence-corrected chi connectivity index (χ1v) is 18.9. The predicted molar refractivity (Wildman–Crippen MR) is 173 cm³/mol. The molecule has 41 heavy (non-hydrogen) atoms.